The number of hydrogen-bond acceptors (Lipinski definition) is 5. The van der Waals surface area contributed by atoms with E-state index in [1.54, 1.807) is 42.5 Å². The Morgan fingerprint density at radius 1 is 1.03 bits per heavy atom. The summed E-state index contributed by atoms with van der Waals surface area (Å²) in [5, 5.41) is 10.1. The number of carbonyl (C=O) groups is 1. The molecule has 0 fully saturated rings. The Morgan fingerprint density at radius 2 is 1.79 bits per heavy atom. The van der Waals surface area contributed by atoms with Crippen molar-refractivity contribution >= 4 is 34.2 Å². The van der Waals surface area contributed by atoms with Gasteiger partial charge >= 0.3 is 5.97 Å². The summed E-state index contributed by atoms with van der Waals surface area (Å²) < 4.78 is 19.9. The lowest BCUT2D eigenvalue weighted by atomic mass is 10.1. The van der Waals surface area contributed by atoms with Crippen molar-refractivity contribution in [2.24, 2.45) is 0 Å². The lowest BCUT2D eigenvalue weighted by Gasteiger charge is -2.26. The Kier molecular flexibility index (Phi) is 5.09. The molecule has 4 aromatic rings. The fraction of sp³-hybridized carbons (Fsp3) is 0.154. The Hall–Kier alpha value is -4.13. The predicted molar refractivity (Wildman–Crippen MR) is 125 cm³/mol. The van der Waals surface area contributed by atoms with Gasteiger partial charge in [-0.3, -0.25) is 4.79 Å². The third-order valence-corrected chi connectivity index (χ3v) is 5.96. The molecule has 0 unspecified atom stereocenters. The Bertz CT molecular complexity index is 1450. The van der Waals surface area contributed by atoms with Gasteiger partial charge in [-0.15, -0.1) is 0 Å². The van der Waals surface area contributed by atoms with Gasteiger partial charge in [-0.2, -0.15) is 0 Å². The van der Waals surface area contributed by atoms with Gasteiger partial charge in [0.15, 0.2) is 11.0 Å². The molecule has 166 valence electrons. The number of carboxylic acid groups (broad SMARTS) is 1. The highest BCUT2D eigenvalue weighted by Gasteiger charge is 2.24. The van der Waals surface area contributed by atoms with Crippen molar-refractivity contribution in [2.75, 3.05) is 16.3 Å². The second-order valence-corrected chi connectivity index (χ2v) is 7.94. The van der Waals surface area contributed by atoms with E-state index < -0.39 is 5.97 Å². The largest absolute Gasteiger partial charge is 0.478 e. The molecule has 1 aliphatic heterocycles. The van der Waals surface area contributed by atoms with E-state index in [0.717, 1.165) is 11.1 Å². The summed E-state index contributed by atoms with van der Waals surface area (Å²) in [4.78, 5) is 28.5. The normalized spacial score (nSPS) is 12.7. The number of fused-ring (bicyclic) bond motifs is 2. The first-order valence-corrected chi connectivity index (χ1v) is 10.6. The van der Waals surface area contributed by atoms with Crippen LogP contribution in [0.2, 0.25) is 0 Å². The number of aromatic carboxylic acids is 1. The van der Waals surface area contributed by atoms with Crippen LogP contribution in [0.15, 0.2) is 75.9 Å². The number of hydrogen-bond donors (Lipinski definition) is 1. The highest BCUT2D eigenvalue weighted by atomic mass is 19.1. The summed E-state index contributed by atoms with van der Waals surface area (Å²) in [6.45, 7) is 3.31. The van der Waals surface area contributed by atoms with Gasteiger partial charge in [0.1, 0.15) is 5.82 Å². The fourth-order valence-electron chi connectivity index (χ4n) is 4.40. The molecule has 0 radical (unpaired) electrons. The maximum Gasteiger partial charge on any atom is 0.337 e. The number of carboxylic acids is 1. The molecule has 0 saturated heterocycles. The highest BCUT2D eigenvalue weighted by molar-refractivity contribution is 5.98. The molecule has 0 bridgehead atoms. The topological polar surface area (TPSA) is 74.0 Å². The first kappa shape index (κ1) is 20.8. The molecule has 7 heteroatoms. The zero-order valence-electron chi connectivity index (χ0n) is 17.9. The zero-order valence-corrected chi connectivity index (χ0v) is 17.9. The highest BCUT2D eigenvalue weighted by Crippen LogP contribution is 2.36. The van der Waals surface area contributed by atoms with Gasteiger partial charge in [-0.1, -0.05) is 24.3 Å². The summed E-state index contributed by atoms with van der Waals surface area (Å²) in [5.41, 5.74) is 3.30. The molecule has 6 nitrogen and oxygen atoms in total. The molecule has 0 spiro atoms. The standard InChI is InChI=1S/C26H21FN2O4/c1-2-29(21-8-4-3-6-19(21)26(31)32)22-9-5-7-20-23(30)13-24(33-25(20)22)28-14-16-10-11-18(27)12-17(16)15-28/h3-13H,2,14-15H2,1H3,(H,31,32). The van der Waals surface area contributed by atoms with Gasteiger partial charge < -0.3 is 19.3 Å². The summed E-state index contributed by atoms with van der Waals surface area (Å²) in [6.07, 6.45) is 0. The summed E-state index contributed by atoms with van der Waals surface area (Å²) in [7, 11) is 0. The molecule has 0 aliphatic carbocycles. The van der Waals surface area contributed by atoms with Gasteiger partial charge in [0, 0.05) is 25.7 Å². The van der Waals surface area contributed by atoms with Gasteiger partial charge in [-0.05, 0) is 54.4 Å². The monoisotopic (exact) mass is 444 g/mol. The van der Waals surface area contributed by atoms with Gasteiger partial charge in [-0.25, -0.2) is 9.18 Å². The van der Waals surface area contributed by atoms with Crippen molar-refractivity contribution < 1.29 is 18.7 Å². The van der Waals surface area contributed by atoms with Crippen molar-refractivity contribution in [2.45, 2.75) is 20.0 Å². The van der Waals surface area contributed by atoms with Crippen molar-refractivity contribution in [3.8, 4) is 0 Å². The third-order valence-electron chi connectivity index (χ3n) is 5.96. The van der Waals surface area contributed by atoms with Gasteiger partial charge in [0.25, 0.3) is 0 Å². The van der Waals surface area contributed by atoms with Crippen molar-refractivity contribution in [3.63, 3.8) is 0 Å². The van der Waals surface area contributed by atoms with Crippen LogP contribution in [-0.2, 0) is 13.1 Å². The van der Waals surface area contributed by atoms with Gasteiger partial charge in [0.2, 0.25) is 5.88 Å². The maximum absolute atomic E-state index is 13.7. The molecule has 1 N–H and O–H groups in total. The smallest absolute Gasteiger partial charge is 0.337 e. The molecule has 3 aromatic carbocycles. The van der Waals surface area contributed by atoms with Gasteiger partial charge in [0.05, 0.1) is 22.3 Å². The van der Waals surface area contributed by atoms with Crippen LogP contribution in [0.5, 0.6) is 0 Å². The van der Waals surface area contributed by atoms with E-state index in [-0.39, 0.29) is 16.8 Å². The van der Waals surface area contributed by atoms with Crippen molar-refractivity contribution in [1.82, 2.24) is 0 Å². The van der Waals surface area contributed by atoms with E-state index in [1.165, 1.54) is 18.2 Å². The van der Waals surface area contributed by atoms with Crippen LogP contribution in [0.4, 0.5) is 21.6 Å². The summed E-state index contributed by atoms with van der Waals surface area (Å²) >= 11 is 0. The van der Waals surface area contributed by atoms with E-state index >= 15 is 0 Å². The average Bonchev–Trinajstić information content (AvgIpc) is 3.23. The number of benzene rings is 3. The predicted octanol–water partition coefficient (Wildman–Crippen LogP) is 5.31. The number of halogens is 1. The second-order valence-electron chi connectivity index (χ2n) is 7.94. The first-order chi connectivity index (χ1) is 16.0. The minimum atomic E-state index is -1.03. The van der Waals surface area contributed by atoms with Crippen LogP contribution < -0.4 is 15.2 Å². The van der Waals surface area contributed by atoms with Crippen LogP contribution in [0.25, 0.3) is 11.0 Å². The quantitative estimate of drug-likeness (QED) is 0.450. The van der Waals surface area contributed by atoms with Crippen LogP contribution in [-0.4, -0.2) is 17.6 Å². The number of rotatable bonds is 5. The molecular formula is C26H21FN2O4. The second kappa shape index (κ2) is 8.09. The Labute approximate surface area is 189 Å². The number of anilines is 3. The molecule has 5 rings (SSSR count). The lowest BCUT2D eigenvalue weighted by Crippen LogP contribution is -2.21. The lowest BCUT2D eigenvalue weighted by molar-refractivity contribution is 0.0697. The van der Waals surface area contributed by atoms with Crippen molar-refractivity contribution in [3.05, 3.63) is 99.5 Å². The maximum atomic E-state index is 13.7. The first-order valence-electron chi connectivity index (χ1n) is 10.6. The fourth-order valence-corrected chi connectivity index (χ4v) is 4.40. The molecule has 2 heterocycles. The molecular weight excluding hydrogens is 423 g/mol. The third kappa shape index (κ3) is 3.61. The van der Waals surface area contributed by atoms with Crippen LogP contribution in [0, 0.1) is 5.82 Å². The van der Waals surface area contributed by atoms with E-state index in [1.807, 2.05) is 22.8 Å². The van der Waals surface area contributed by atoms with E-state index in [4.69, 9.17) is 4.42 Å². The van der Waals surface area contributed by atoms with Crippen LogP contribution in [0.3, 0.4) is 0 Å². The van der Waals surface area contributed by atoms with E-state index in [0.29, 0.717) is 47.9 Å². The Balaban J connectivity index is 1.64. The van der Waals surface area contributed by atoms with Crippen LogP contribution >= 0.6 is 0 Å². The van der Waals surface area contributed by atoms with Crippen LogP contribution in [0.1, 0.15) is 28.4 Å². The number of para-hydroxylation sites is 2. The minimum Gasteiger partial charge on any atom is -0.478 e. The summed E-state index contributed by atoms with van der Waals surface area (Å²) in [6, 6.07) is 18.1. The molecule has 0 amide bonds. The molecule has 0 saturated carbocycles. The average molecular weight is 444 g/mol. The van der Waals surface area contributed by atoms with Crippen molar-refractivity contribution in [1.29, 1.82) is 0 Å². The van der Waals surface area contributed by atoms with E-state index in [9.17, 15) is 19.1 Å². The SMILES string of the molecule is CCN(c1ccccc1C(=O)O)c1cccc2c(=O)cc(N3Cc4ccc(F)cc4C3)oc12. The zero-order chi connectivity index (χ0) is 23.1. The summed E-state index contributed by atoms with van der Waals surface area (Å²) in [5.74, 6) is -0.943. The molecule has 1 aliphatic rings. The Morgan fingerprint density at radius 3 is 2.58 bits per heavy atom. The minimum absolute atomic E-state index is 0.159. The molecule has 33 heavy (non-hydrogen) atoms. The van der Waals surface area contributed by atoms with E-state index in [2.05, 4.69) is 0 Å². The molecule has 0 atom stereocenters. The number of nitrogens with zero attached hydrogens (tertiary/aromatic N) is 2. The molecule has 1 aromatic heterocycles.